The van der Waals surface area contributed by atoms with E-state index in [9.17, 15) is 0 Å². The molecule has 2 N–H and O–H groups in total. The van der Waals surface area contributed by atoms with Gasteiger partial charge in [-0.1, -0.05) is 0 Å². The van der Waals surface area contributed by atoms with E-state index in [-0.39, 0.29) is 12.4 Å². The lowest BCUT2D eigenvalue weighted by molar-refractivity contribution is 0.494. The summed E-state index contributed by atoms with van der Waals surface area (Å²) < 4.78 is 0. The molecule has 0 aromatic carbocycles. The summed E-state index contributed by atoms with van der Waals surface area (Å²) in [4.78, 5) is 14.3. The highest BCUT2D eigenvalue weighted by molar-refractivity contribution is 5.87. The summed E-state index contributed by atoms with van der Waals surface area (Å²) in [6.07, 6.45) is 6.15. The molecule has 2 aromatic rings. The molecule has 0 spiro atoms. The first kappa shape index (κ1) is 13.6. The van der Waals surface area contributed by atoms with Crippen molar-refractivity contribution >= 4 is 29.3 Å². The van der Waals surface area contributed by atoms with Gasteiger partial charge in [-0.25, -0.2) is 9.97 Å². The molecule has 1 saturated heterocycles. The molecule has 20 heavy (non-hydrogen) atoms. The molecule has 2 aliphatic rings. The Morgan fingerprint density at radius 1 is 1.20 bits per heavy atom. The van der Waals surface area contributed by atoms with Gasteiger partial charge >= 0.3 is 0 Å². The molecule has 1 aliphatic heterocycles. The zero-order valence-electron chi connectivity index (χ0n) is 11.5. The fraction of sp³-hybridized carbons (Fsp3) is 0.571. The van der Waals surface area contributed by atoms with Gasteiger partial charge in [0.1, 0.15) is 17.8 Å². The number of halogens is 1. The zero-order valence-corrected chi connectivity index (χ0v) is 12.4. The van der Waals surface area contributed by atoms with Crippen molar-refractivity contribution in [3.8, 4) is 0 Å². The highest BCUT2D eigenvalue weighted by atomic mass is 35.5. The second-order valence-corrected chi connectivity index (χ2v) is 5.85. The minimum atomic E-state index is 0. The van der Waals surface area contributed by atoms with Crippen LogP contribution in [0.3, 0.4) is 0 Å². The van der Waals surface area contributed by atoms with E-state index in [2.05, 4.69) is 38.3 Å². The number of hydrogen-bond acceptors (Lipinski definition) is 4. The predicted octanol–water partition coefficient (Wildman–Crippen LogP) is 1.81. The smallest absolute Gasteiger partial charge is 0.142 e. The van der Waals surface area contributed by atoms with E-state index in [1.54, 1.807) is 6.33 Å². The molecule has 6 heteroatoms. The molecule has 5 nitrogen and oxygen atoms in total. The standard InChI is InChI=1S/C14H19N5.ClH/c1-19(11-4-9-6-15-7-10(9)5-11)14-12-2-3-16-13(12)17-8-18-14;/h2-3,8-11,15H,4-7H2,1H3,(H,16,17,18);1H/t9-,10+,11?;. The third-order valence-electron chi connectivity index (χ3n) is 4.84. The number of aromatic nitrogens is 3. The summed E-state index contributed by atoms with van der Waals surface area (Å²) in [5.41, 5.74) is 0.928. The molecule has 2 aromatic heterocycles. The van der Waals surface area contributed by atoms with Crippen LogP contribution in [-0.2, 0) is 0 Å². The summed E-state index contributed by atoms with van der Waals surface area (Å²) >= 11 is 0. The van der Waals surface area contributed by atoms with Gasteiger partial charge in [0.15, 0.2) is 0 Å². The van der Waals surface area contributed by atoms with E-state index < -0.39 is 0 Å². The van der Waals surface area contributed by atoms with Gasteiger partial charge in [0.2, 0.25) is 0 Å². The number of hydrogen-bond donors (Lipinski definition) is 2. The van der Waals surface area contributed by atoms with Gasteiger partial charge in [0.25, 0.3) is 0 Å². The van der Waals surface area contributed by atoms with Crippen LogP contribution in [0.4, 0.5) is 5.82 Å². The Labute approximate surface area is 124 Å². The Balaban J connectivity index is 0.00000121. The molecule has 0 amide bonds. The molecular weight excluding hydrogens is 274 g/mol. The Bertz CT molecular complexity index is 586. The van der Waals surface area contributed by atoms with E-state index in [4.69, 9.17) is 0 Å². The minimum Gasteiger partial charge on any atom is -0.356 e. The van der Waals surface area contributed by atoms with Crippen LogP contribution >= 0.6 is 12.4 Å². The SMILES string of the molecule is CN(c1ncnc2[nH]ccc12)C1C[C@H]2CNC[C@H]2C1.Cl. The quantitative estimate of drug-likeness (QED) is 0.887. The van der Waals surface area contributed by atoms with Crippen molar-refractivity contribution in [2.24, 2.45) is 11.8 Å². The molecular formula is C14H20ClN5. The van der Waals surface area contributed by atoms with Crippen molar-refractivity contribution in [1.29, 1.82) is 0 Å². The lowest BCUT2D eigenvalue weighted by Crippen LogP contribution is -2.31. The topological polar surface area (TPSA) is 56.8 Å². The average molecular weight is 294 g/mol. The normalized spacial score (nSPS) is 28.4. The Hall–Kier alpha value is -1.33. The van der Waals surface area contributed by atoms with E-state index in [0.29, 0.717) is 6.04 Å². The van der Waals surface area contributed by atoms with Gasteiger partial charge in [-0.3, -0.25) is 0 Å². The molecule has 0 radical (unpaired) electrons. The number of anilines is 1. The molecule has 1 unspecified atom stereocenters. The summed E-state index contributed by atoms with van der Waals surface area (Å²) in [5, 5.41) is 4.63. The molecule has 0 bridgehead atoms. The zero-order chi connectivity index (χ0) is 12.8. The largest absolute Gasteiger partial charge is 0.356 e. The van der Waals surface area contributed by atoms with Crippen molar-refractivity contribution in [1.82, 2.24) is 20.3 Å². The Kier molecular flexibility index (Phi) is 3.56. The number of rotatable bonds is 2. The Morgan fingerprint density at radius 3 is 2.70 bits per heavy atom. The first-order valence-corrected chi connectivity index (χ1v) is 7.04. The van der Waals surface area contributed by atoms with E-state index in [0.717, 1.165) is 28.7 Å². The summed E-state index contributed by atoms with van der Waals surface area (Å²) in [5.74, 6) is 2.77. The van der Waals surface area contributed by atoms with Crippen LogP contribution in [0, 0.1) is 11.8 Å². The average Bonchev–Trinajstić information content (AvgIpc) is 3.11. The van der Waals surface area contributed by atoms with Crippen LogP contribution in [0.2, 0.25) is 0 Å². The van der Waals surface area contributed by atoms with E-state index in [1.807, 2.05) is 6.20 Å². The third-order valence-corrected chi connectivity index (χ3v) is 4.84. The van der Waals surface area contributed by atoms with Crippen molar-refractivity contribution < 1.29 is 0 Å². The third kappa shape index (κ3) is 2.05. The lowest BCUT2D eigenvalue weighted by atomic mass is 10.0. The number of nitrogens with one attached hydrogen (secondary N) is 2. The van der Waals surface area contributed by atoms with Crippen LogP contribution in [0.5, 0.6) is 0 Å². The maximum atomic E-state index is 4.50. The van der Waals surface area contributed by atoms with Gasteiger partial charge in [-0.2, -0.15) is 0 Å². The van der Waals surface area contributed by atoms with Crippen LogP contribution in [0.15, 0.2) is 18.6 Å². The summed E-state index contributed by atoms with van der Waals surface area (Å²) in [6.45, 7) is 2.39. The highest BCUT2D eigenvalue weighted by Gasteiger charge is 2.39. The van der Waals surface area contributed by atoms with Crippen molar-refractivity contribution in [3.05, 3.63) is 18.6 Å². The van der Waals surface area contributed by atoms with Crippen molar-refractivity contribution in [3.63, 3.8) is 0 Å². The first-order valence-electron chi connectivity index (χ1n) is 7.04. The van der Waals surface area contributed by atoms with Crippen molar-refractivity contribution in [2.75, 3.05) is 25.0 Å². The van der Waals surface area contributed by atoms with Crippen LogP contribution in [0.25, 0.3) is 11.0 Å². The second kappa shape index (κ2) is 5.22. The fourth-order valence-corrected chi connectivity index (χ4v) is 3.76. The van der Waals surface area contributed by atoms with Crippen molar-refractivity contribution in [2.45, 2.75) is 18.9 Å². The number of nitrogens with zero attached hydrogens (tertiary/aromatic N) is 3. The van der Waals surface area contributed by atoms with E-state index in [1.165, 1.54) is 25.9 Å². The summed E-state index contributed by atoms with van der Waals surface area (Å²) in [6, 6.07) is 2.68. The maximum Gasteiger partial charge on any atom is 0.142 e. The minimum absolute atomic E-state index is 0. The molecule has 3 heterocycles. The molecule has 2 fully saturated rings. The predicted molar refractivity (Wildman–Crippen MR) is 82.4 cm³/mol. The number of fused-ring (bicyclic) bond motifs is 2. The molecule has 1 saturated carbocycles. The van der Waals surface area contributed by atoms with Crippen LogP contribution < -0.4 is 10.2 Å². The van der Waals surface area contributed by atoms with Gasteiger partial charge in [0.05, 0.1) is 5.39 Å². The molecule has 4 rings (SSSR count). The molecule has 3 atom stereocenters. The van der Waals surface area contributed by atoms with Gasteiger partial charge < -0.3 is 15.2 Å². The fourth-order valence-electron chi connectivity index (χ4n) is 3.76. The first-order chi connectivity index (χ1) is 9.33. The number of aromatic amines is 1. The molecule has 1 aliphatic carbocycles. The van der Waals surface area contributed by atoms with Crippen LogP contribution in [0.1, 0.15) is 12.8 Å². The van der Waals surface area contributed by atoms with Gasteiger partial charge in [-0.05, 0) is 43.8 Å². The monoisotopic (exact) mass is 293 g/mol. The van der Waals surface area contributed by atoms with E-state index >= 15 is 0 Å². The van der Waals surface area contributed by atoms with Gasteiger partial charge in [0, 0.05) is 19.3 Å². The molecule has 108 valence electrons. The highest BCUT2D eigenvalue weighted by Crippen LogP contribution is 2.38. The lowest BCUT2D eigenvalue weighted by Gasteiger charge is -2.26. The maximum absolute atomic E-state index is 4.50. The second-order valence-electron chi connectivity index (χ2n) is 5.85. The number of H-pyrrole nitrogens is 1. The Morgan fingerprint density at radius 2 is 1.95 bits per heavy atom. The van der Waals surface area contributed by atoms with Gasteiger partial charge in [-0.15, -0.1) is 12.4 Å². The van der Waals surface area contributed by atoms with Crippen LogP contribution in [-0.4, -0.2) is 41.1 Å². The summed E-state index contributed by atoms with van der Waals surface area (Å²) in [7, 11) is 2.17.